The second-order valence-corrected chi connectivity index (χ2v) is 4.72. The second-order valence-electron chi connectivity index (χ2n) is 3.78. The number of hydrogen-bond donors (Lipinski definition) is 0. The Labute approximate surface area is 103 Å². The van der Waals surface area contributed by atoms with Crippen LogP contribution in [0.25, 0.3) is 11.0 Å². The van der Waals surface area contributed by atoms with E-state index in [9.17, 15) is 4.79 Å². The quantitative estimate of drug-likeness (QED) is 0.732. The fourth-order valence-corrected chi connectivity index (χ4v) is 2.27. The number of aromatic nitrogens is 3. The first-order valence-corrected chi connectivity index (χ1v) is 6.24. The summed E-state index contributed by atoms with van der Waals surface area (Å²) >= 11 is 1.56. The van der Waals surface area contributed by atoms with E-state index in [2.05, 4.69) is 10.3 Å². The van der Waals surface area contributed by atoms with Crippen LogP contribution in [-0.4, -0.2) is 33.2 Å². The molecule has 1 aromatic carbocycles. The average molecular weight is 251 g/mol. The number of benzene rings is 1. The van der Waals surface area contributed by atoms with Gasteiger partial charge in [-0.15, -0.1) is 5.10 Å². The van der Waals surface area contributed by atoms with Crippen LogP contribution in [0.1, 0.15) is 6.92 Å². The molecule has 0 spiro atoms. The Bertz CT molecular complexity index is 500. The van der Waals surface area contributed by atoms with Crippen molar-refractivity contribution in [3.63, 3.8) is 0 Å². The number of carbonyl (C=O) groups is 1. The molecular formula is C11H13N3O2S. The number of nitrogens with zero attached hydrogens (tertiary/aromatic N) is 3. The Balaban J connectivity index is 1.97. The molecule has 0 saturated heterocycles. The van der Waals surface area contributed by atoms with Gasteiger partial charge in [-0.3, -0.25) is 4.79 Å². The summed E-state index contributed by atoms with van der Waals surface area (Å²) in [7, 11) is 0. The number of carbonyl (C=O) groups excluding carboxylic acids is 1. The number of hydrogen-bond acceptors (Lipinski definition) is 5. The van der Waals surface area contributed by atoms with Gasteiger partial charge in [0.1, 0.15) is 11.0 Å². The topological polar surface area (TPSA) is 57.0 Å². The normalized spacial score (nSPS) is 12.5. The van der Waals surface area contributed by atoms with Crippen molar-refractivity contribution in [1.82, 2.24) is 14.4 Å². The van der Waals surface area contributed by atoms with E-state index < -0.39 is 0 Å². The van der Waals surface area contributed by atoms with Crippen LogP contribution in [-0.2, 0) is 9.53 Å². The SMILES string of the molecule is CC(COC=O)CSn1nnc2ccccc21. The highest BCUT2D eigenvalue weighted by Crippen LogP contribution is 2.17. The van der Waals surface area contributed by atoms with Crippen molar-refractivity contribution >= 4 is 29.5 Å². The van der Waals surface area contributed by atoms with Gasteiger partial charge in [0.25, 0.3) is 6.47 Å². The van der Waals surface area contributed by atoms with E-state index in [1.54, 1.807) is 16.0 Å². The Morgan fingerprint density at radius 3 is 3.18 bits per heavy atom. The predicted molar refractivity (Wildman–Crippen MR) is 66.6 cm³/mol. The summed E-state index contributed by atoms with van der Waals surface area (Å²) < 4.78 is 6.51. The zero-order valence-corrected chi connectivity index (χ0v) is 10.3. The number of para-hydroxylation sites is 1. The Morgan fingerprint density at radius 1 is 1.53 bits per heavy atom. The Morgan fingerprint density at radius 2 is 2.35 bits per heavy atom. The highest BCUT2D eigenvalue weighted by atomic mass is 32.2. The molecule has 1 heterocycles. The molecule has 0 bridgehead atoms. The predicted octanol–water partition coefficient (Wildman–Crippen LogP) is 1.74. The van der Waals surface area contributed by atoms with Crippen LogP contribution >= 0.6 is 11.9 Å². The maximum absolute atomic E-state index is 10.1. The summed E-state index contributed by atoms with van der Waals surface area (Å²) in [4.78, 5) is 10.1. The summed E-state index contributed by atoms with van der Waals surface area (Å²) in [6.45, 7) is 2.94. The van der Waals surface area contributed by atoms with Gasteiger partial charge in [0.05, 0.1) is 6.61 Å². The van der Waals surface area contributed by atoms with E-state index in [4.69, 9.17) is 4.74 Å². The summed E-state index contributed by atoms with van der Waals surface area (Å²) in [5, 5.41) is 8.13. The van der Waals surface area contributed by atoms with Gasteiger partial charge in [-0.05, 0) is 24.1 Å². The minimum absolute atomic E-state index is 0.285. The average Bonchev–Trinajstić information content (AvgIpc) is 2.77. The van der Waals surface area contributed by atoms with Gasteiger partial charge in [-0.1, -0.05) is 24.3 Å². The fraction of sp³-hybridized carbons (Fsp3) is 0.364. The third-order valence-electron chi connectivity index (χ3n) is 2.25. The smallest absolute Gasteiger partial charge is 0.293 e. The van der Waals surface area contributed by atoms with Gasteiger partial charge in [0.15, 0.2) is 0 Å². The molecule has 0 amide bonds. The highest BCUT2D eigenvalue weighted by Gasteiger charge is 2.07. The molecule has 90 valence electrons. The first kappa shape index (κ1) is 11.9. The fourth-order valence-electron chi connectivity index (χ4n) is 1.39. The van der Waals surface area contributed by atoms with Crippen LogP contribution in [0.2, 0.25) is 0 Å². The molecule has 0 aliphatic carbocycles. The van der Waals surface area contributed by atoms with E-state index in [-0.39, 0.29) is 5.92 Å². The standard InChI is InChI=1S/C11H13N3O2S/c1-9(6-16-8-15)7-17-14-11-5-3-2-4-10(11)12-13-14/h2-5,8-9H,6-7H2,1H3. The number of ether oxygens (including phenoxy) is 1. The molecule has 0 saturated carbocycles. The van der Waals surface area contributed by atoms with Crippen LogP contribution in [0.3, 0.4) is 0 Å². The van der Waals surface area contributed by atoms with Crippen LogP contribution < -0.4 is 0 Å². The molecule has 0 aliphatic heterocycles. The first-order chi connectivity index (χ1) is 8.31. The lowest BCUT2D eigenvalue weighted by atomic mass is 10.2. The van der Waals surface area contributed by atoms with E-state index in [0.29, 0.717) is 13.1 Å². The molecule has 1 atom stereocenters. The lowest BCUT2D eigenvalue weighted by molar-refractivity contribution is -0.129. The van der Waals surface area contributed by atoms with Crippen molar-refractivity contribution in [1.29, 1.82) is 0 Å². The lowest BCUT2D eigenvalue weighted by Gasteiger charge is -2.08. The number of rotatable bonds is 6. The van der Waals surface area contributed by atoms with Crippen LogP contribution in [0.15, 0.2) is 24.3 Å². The molecule has 0 fully saturated rings. The van der Waals surface area contributed by atoms with Crippen molar-refractivity contribution in [3.8, 4) is 0 Å². The van der Waals surface area contributed by atoms with Crippen LogP contribution in [0, 0.1) is 5.92 Å². The van der Waals surface area contributed by atoms with Gasteiger partial charge in [-0.2, -0.15) is 4.09 Å². The molecule has 2 aromatic rings. The van der Waals surface area contributed by atoms with Gasteiger partial charge in [0, 0.05) is 11.7 Å². The summed E-state index contributed by atoms with van der Waals surface area (Å²) in [6, 6.07) is 7.81. The molecule has 0 aliphatic rings. The molecule has 1 unspecified atom stereocenters. The lowest BCUT2D eigenvalue weighted by Crippen LogP contribution is -2.09. The summed E-state index contributed by atoms with van der Waals surface area (Å²) in [5.74, 6) is 1.11. The molecule has 2 rings (SSSR count). The largest absolute Gasteiger partial charge is 0.468 e. The third kappa shape index (κ3) is 2.97. The van der Waals surface area contributed by atoms with Gasteiger partial charge >= 0.3 is 0 Å². The molecule has 6 heteroatoms. The molecule has 0 radical (unpaired) electrons. The number of fused-ring (bicyclic) bond motifs is 1. The van der Waals surface area contributed by atoms with E-state index in [0.717, 1.165) is 16.8 Å². The van der Waals surface area contributed by atoms with Crippen molar-refractivity contribution in [2.75, 3.05) is 12.4 Å². The summed E-state index contributed by atoms with van der Waals surface area (Å²) in [6.07, 6.45) is 0. The van der Waals surface area contributed by atoms with E-state index in [1.807, 2.05) is 31.2 Å². The second kappa shape index (κ2) is 5.67. The minimum atomic E-state index is 0.285. The maximum Gasteiger partial charge on any atom is 0.293 e. The van der Waals surface area contributed by atoms with Crippen molar-refractivity contribution in [2.24, 2.45) is 5.92 Å². The first-order valence-electron chi connectivity index (χ1n) is 5.30. The highest BCUT2D eigenvalue weighted by molar-refractivity contribution is 7.97. The zero-order valence-electron chi connectivity index (χ0n) is 9.44. The van der Waals surface area contributed by atoms with Crippen molar-refractivity contribution in [3.05, 3.63) is 24.3 Å². The minimum Gasteiger partial charge on any atom is -0.468 e. The zero-order chi connectivity index (χ0) is 12.1. The van der Waals surface area contributed by atoms with Gasteiger partial charge in [-0.25, -0.2) is 0 Å². The van der Waals surface area contributed by atoms with E-state index in [1.165, 1.54) is 0 Å². The monoisotopic (exact) mass is 251 g/mol. The Hall–Kier alpha value is -1.56. The maximum atomic E-state index is 10.1. The molecule has 0 N–H and O–H groups in total. The van der Waals surface area contributed by atoms with Gasteiger partial charge < -0.3 is 4.74 Å². The van der Waals surface area contributed by atoms with Crippen LogP contribution in [0.5, 0.6) is 0 Å². The molecule has 5 nitrogen and oxygen atoms in total. The molecule has 1 aromatic heterocycles. The molecule has 17 heavy (non-hydrogen) atoms. The summed E-state index contributed by atoms with van der Waals surface area (Å²) in [5.41, 5.74) is 1.89. The Kier molecular flexibility index (Phi) is 3.98. The molecular weight excluding hydrogens is 238 g/mol. The van der Waals surface area contributed by atoms with Crippen LogP contribution in [0.4, 0.5) is 0 Å². The van der Waals surface area contributed by atoms with E-state index >= 15 is 0 Å². The third-order valence-corrected chi connectivity index (χ3v) is 3.48. The van der Waals surface area contributed by atoms with Crippen molar-refractivity contribution in [2.45, 2.75) is 6.92 Å². The van der Waals surface area contributed by atoms with Crippen molar-refractivity contribution < 1.29 is 9.53 Å². The van der Waals surface area contributed by atoms with Gasteiger partial charge in [0.2, 0.25) is 0 Å².